The van der Waals surface area contributed by atoms with Crippen molar-refractivity contribution in [1.82, 2.24) is 20.6 Å². The monoisotopic (exact) mass is 354 g/mol. The van der Waals surface area contributed by atoms with Gasteiger partial charge in [0.1, 0.15) is 0 Å². The van der Waals surface area contributed by atoms with Gasteiger partial charge in [-0.3, -0.25) is 4.79 Å². The summed E-state index contributed by atoms with van der Waals surface area (Å²) in [7, 11) is 0. The summed E-state index contributed by atoms with van der Waals surface area (Å²) in [5.74, 6) is -1.26. The zero-order valence-electron chi connectivity index (χ0n) is 15.5. The fourth-order valence-electron chi connectivity index (χ4n) is 3.29. The Morgan fingerprint density at radius 2 is 2.08 bits per heavy atom. The third-order valence-electron chi connectivity index (χ3n) is 4.52. The third-order valence-corrected chi connectivity index (χ3v) is 4.52. The number of H-pyrrole nitrogens is 1. The second kappa shape index (κ2) is 9.65. The smallest absolute Gasteiger partial charge is 0.307 e. The van der Waals surface area contributed by atoms with Crippen molar-refractivity contribution < 1.29 is 9.90 Å². The summed E-state index contributed by atoms with van der Waals surface area (Å²) in [6.07, 6.45) is 8.01. The van der Waals surface area contributed by atoms with Gasteiger partial charge in [0.05, 0.1) is 5.92 Å². The zero-order valence-corrected chi connectivity index (χ0v) is 15.5. The molecule has 1 aromatic heterocycles. The first-order chi connectivity index (χ1) is 12.6. The Bertz CT molecular complexity index is 766. The number of nitrogens with zero attached hydrogens (tertiary/aromatic N) is 3. The Hall–Kier alpha value is -2.76. The molecule has 0 aliphatic heterocycles. The topological polar surface area (TPSA) is 91.8 Å². The Balaban J connectivity index is 2.45. The molecule has 1 heterocycles. The molecule has 0 aliphatic carbocycles. The fraction of sp³-hybridized carbons (Fsp3) is 0.400. The van der Waals surface area contributed by atoms with Crippen molar-refractivity contribution >= 4 is 11.5 Å². The average molecular weight is 354 g/mol. The molecule has 0 spiro atoms. The number of tetrazole rings is 1. The van der Waals surface area contributed by atoms with Crippen LogP contribution in [0.2, 0.25) is 0 Å². The standard InChI is InChI=1S/C20H26N4O2/c1-4-9-14(6-3)16-12-8-7-11-15(16)13-18(19-21-23-24-22-19)17(10-5-2)20(25)26/h4,6-9,11-12,17-18H,5,10,13H2,1-3H3,(H,25,26)(H,21,22,23,24)/b9-4-,14-6+/t17-,18-/m0/s1. The Kier molecular flexibility index (Phi) is 7.26. The lowest BCUT2D eigenvalue weighted by Gasteiger charge is -2.22. The molecule has 0 amide bonds. The van der Waals surface area contributed by atoms with Crippen LogP contribution in [0.3, 0.4) is 0 Å². The van der Waals surface area contributed by atoms with Crippen LogP contribution in [0.25, 0.3) is 5.57 Å². The summed E-state index contributed by atoms with van der Waals surface area (Å²) in [5, 5.41) is 24.0. The summed E-state index contributed by atoms with van der Waals surface area (Å²) < 4.78 is 0. The summed E-state index contributed by atoms with van der Waals surface area (Å²) in [4.78, 5) is 11.9. The molecule has 2 rings (SSSR count). The highest BCUT2D eigenvalue weighted by Crippen LogP contribution is 2.32. The molecule has 0 saturated heterocycles. The van der Waals surface area contributed by atoms with Crippen molar-refractivity contribution in [3.05, 3.63) is 59.4 Å². The third kappa shape index (κ3) is 4.65. The second-order valence-corrected chi connectivity index (χ2v) is 6.22. The highest BCUT2D eigenvalue weighted by molar-refractivity contribution is 5.76. The Morgan fingerprint density at radius 1 is 1.31 bits per heavy atom. The van der Waals surface area contributed by atoms with Gasteiger partial charge in [-0.1, -0.05) is 61.1 Å². The molecule has 0 saturated carbocycles. The maximum absolute atomic E-state index is 11.9. The maximum atomic E-state index is 11.9. The molecule has 0 bridgehead atoms. The van der Waals surface area contributed by atoms with Crippen molar-refractivity contribution in [1.29, 1.82) is 0 Å². The molecule has 0 aliphatic rings. The van der Waals surface area contributed by atoms with Gasteiger partial charge in [-0.15, -0.1) is 10.2 Å². The molecule has 2 atom stereocenters. The van der Waals surface area contributed by atoms with Gasteiger partial charge in [-0.25, -0.2) is 0 Å². The van der Waals surface area contributed by atoms with E-state index < -0.39 is 11.9 Å². The van der Waals surface area contributed by atoms with Gasteiger partial charge in [0.2, 0.25) is 0 Å². The van der Waals surface area contributed by atoms with E-state index in [1.165, 1.54) is 0 Å². The number of rotatable bonds is 9. The Morgan fingerprint density at radius 3 is 2.65 bits per heavy atom. The van der Waals surface area contributed by atoms with Gasteiger partial charge in [-0.05, 0) is 43.4 Å². The predicted molar refractivity (Wildman–Crippen MR) is 102 cm³/mol. The van der Waals surface area contributed by atoms with Crippen molar-refractivity contribution in [3.8, 4) is 0 Å². The van der Waals surface area contributed by atoms with Crippen LogP contribution in [0.15, 0.2) is 42.5 Å². The molecule has 138 valence electrons. The SMILES string of the molecule is C/C=C\C(=C/C)c1ccccc1C[C@H](c1nn[nH]n1)[C@H](CCC)C(=O)O. The van der Waals surface area contributed by atoms with Crippen molar-refractivity contribution in [3.63, 3.8) is 0 Å². The van der Waals surface area contributed by atoms with E-state index in [1.807, 2.05) is 45.0 Å². The molecule has 1 aromatic carbocycles. The van der Waals surface area contributed by atoms with E-state index in [2.05, 4.69) is 38.8 Å². The molecule has 26 heavy (non-hydrogen) atoms. The number of nitrogens with one attached hydrogen (secondary N) is 1. The van der Waals surface area contributed by atoms with Crippen LogP contribution < -0.4 is 0 Å². The van der Waals surface area contributed by atoms with Crippen LogP contribution in [0, 0.1) is 5.92 Å². The van der Waals surface area contributed by atoms with Crippen molar-refractivity contribution in [2.24, 2.45) is 5.92 Å². The number of allylic oxidation sites excluding steroid dienone is 4. The number of benzene rings is 1. The minimum absolute atomic E-state index is 0.337. The van der Waals surface area contributed by atoms with Gasteiger partial charge < -0.3 is 5.11 Å². The Labute approximate surface area is 154 Å². The van der Waals surface area contributed by atoms with Crippen LogP contribution >= 0.6 is 0 Å². The first-order valence-corrected chi connectivity index (χ1v) is 8.95. The number of carboxylic acids is 1. The molecular formula is C20H26N4O2. The van der Waals surface area contributed by atoms with E-state index in [1.54, 1.807) is 0 Å². The number of aromatic amines is 1. The van der Waals surface area contributed by atoms with Crippen molar-refractivity contribution in [2.45, 2.75) is 46.0 Å². The normalized spacial score (nSPS) is 14.5. The largest absolute Gasteiger partial charge is 0.481 e. The lowest BCUT2D eigenvalue weighted by molar-refractivity contribution is -0.142. The summed E-state index contributed by atoms with van der Waals surface area (Å²) in [6.45, 7) is 5.97. The second-order valence-electron chi connectivity index (χ2n) is 6.22. The van der Waals surface area contributed by atoms with Crippen LogP contribution in [0.4, 0.5) is 0 Å². The van der Waals surface area contributed by atoms with E-state index in [0.29, 0.717) is 18.7 Å². The van der Waals surface area contributed by atoms with Crippen LogP contribution in [-0.4, -0.2) is 31.7 Å². The van der Waals surface area contributed by atoms with Gasteiger partial charge >= 0.3 is 5.97 Å². The molecule has 0 radical (unpaired) electrons. The number of carboxylic acid groups (broad SMARTS) is 1. The van der Waals surface area contributed by atoms with Gasteiger partial charge in [-0.2, -0.15) is 5.21 Å². The van der Waals surface area contributed by atoms with Crippen LogP contribution in [0.1, 0.15) is 56.5 Å². The van der Waals surface area contributed by atoms with Crippen LogP contribution in [0.5, 0.6) is 0 Å². The molecule has 0 fully saturated rings. The van der Waals surface area contributed by atoms with Gasteiger partial charge in [0, 0.05) is 5.92 Å². The first-order valence-electron chi connectivity index (χ1n) is 8.95. The van der Waals surface area contributed by atoms with E-state index in [-0.39, 0.29) is 5.92 Å². The minimum atomic E-state index is -0.821. The lowest BCUT2D eigenvalue weighted by Crippen LogP contribution is -2.25. The highest BCUT2D eigenvalue weighted by Gasteiger charge is 2.32. The molecule has 0 unspecified atom stereocenters. The van der Waals surface area contributed by atoms with Crippen molar-refractivity contribution in [2.75, 3.05) is 0 Å². The predicted octanol–water partition coefficient (Wildman–Crippen LogP) is 4.01. The summed E-state index contributed by atoms with van der Waals surface area (Å²) >= 11 is 0. The van der Waals surface area contributed by atoms with Crippen LogP contribution in [-0.2, 0) is 11.2 Å². The molecule has 6 nitrogen and oxygen atoms in total. The van der Waals surface area contributed by atoms with E-state index in [9.17, 15) is 9.90 Å². The quantitative estimate of drug-likeness (QED) is 0.664. The molecule has 2 aromatic rings. The number of hydrogen-bond acceptors (Lipinski definition) is 4. The van der Waals surface area contributed by atoms with Gasteiger partial charge in [0.25, 0.3) is 0 Å². The number of hydrogen-bond donors (Lipinski definition) is 2. The van der Waals surface area contributed by atoms with E-state index in [4.69, 9.17) is 0 Å². The van der Waals surface area contributed by atoms with Gasteiger partial charge in [0.15, 0.2) is 5.82 Å². The maximum Gasteiger partial charge on any atom is 0.307 e. The number of aromatic nitrogens is 4. The molecule has 2 N–H and O–H groups in total. The number of aliphatic carboxylic acids is 1. The molecule has 6 heteroatoms. The molecular weight excluding hydrogens is 328 g/mol. The van der Waals surface area contributed by atoms with E-state index in [0.717, 1.165) is 23.1 Å². The zero-order chi connectivity index (χ0) is 18.9. The first kappa shape index (κ1) is 19.6. The number of carbonyl (C=O) groups is 1. The summed E-state index contributed by atoms with van der Waals surface area (Å²) in [6, 6.07) is 8.08. The summed E-state index contributed by atoms with van der Waals surface area (Å²) in [5.41, 5.74) is 3.29. The minimum Gasteiger partial charge on any atom is -0.481 e. The average Bonchev–Trinajstić information content (AvgIpc) is 3.17. The lowest BCUT2D eigenvalue weighted by atomic mass is 9.81. The highest BCUT2D eigenvalue weighted by atomic mass is 16.4. The fourth-order valence-corrected chi connectivity index (χ4v) is 3.29. The van der Waals surface area contributed by atoms with E-state index >= 15 is 0 Å².